The average molecular weight is 386 g/mol. The van der Waals surface area contributed by atoms with Crippen LogP contribution in [0.5, 0.6) is 0 Å². The van der Waals surface area contributed by atoms with E-state index in [1.165, 1.54) is 0 Å². The predicted molar refractivity (Wildman–Crippen MR) is 108 cm³/mol. The Kier molecular flexibility index (Phi) is 5.04. The van der Waals surface area contributed by atoms with Crippen LogP contribution < -0.4 is 5.56 Å². The number of nitrogens with zero attached hydrogens (tertiary/aromatic N) is 4. The lowest BCUT2D eigenvalue weighted by atomic mass is 9.97. The molecule has 0 aromatic carbocycles. The fraction of sp³-hybridized carbons (Fsp3) is 0.667. The number of fused-ring (bicyclic) bond motifs is 2. The summed E-state index contributed by atoms with van der Waals surface area (Å²) in [6.45, 7) is 10.6. The first-order valence-electron chi connectivity index (χ1n) is 10.5. The van der Waals surface area contributed by atoms with E-state index >= 15 is 0 Å². The van der Waals surface area contributed by atoms with Gasteiger partial charge < -0.3 is 4.90 Å². The normalized spacial score (nSPS) is 20.9. The van der Waals surface area contributed by atoms with Gasteiger partial charge in [-0.2, -0.15) is 0 Å². The molecule has 152 valence electrons. The Morgan fingerprint density at radius 1 is 1.21 bits per heavy atom. The number of aromatic nitrogens is 3. The lowest BCUT2D eigenvalue weighted by Gasteiger charge is -2.36. The fourth-order valence-corrected chi connectivity index (χ4v) is 4.48. The molecule has 2 aliphatic heterocycles. The molecule has 28 heavy (non-hydrogen) atoms. The highest BCUT2D eigenvalue weighted by Crippen LogP contribution is 2.31. The van der Waals surface area contributed by atoms with E-state index in [0.29, 0.717) is 18.2 Å². The van der Waals surface area contributed by atoms with Gasteiger partial charge in [0.2, 0.25) is 5.91 Å². The van der Waals surface area contributed by atoms with Gasteiger partial charge in [0.1, 0.15) is 0 Å². The number of rotatable bonds is 3. The number of carbonyl (C=O) groups excluding carboxylic acids is 1. The molecule has 1 saturated heterocycles. The summed E-state index contributed by atoms with van der Waals surface area (Å²) < 4.78 is 1.57. The lowest BCUT2D eigenvalue weighted by molar-refractivity contribution is -0.138. The van der Waals surface area contributed by atoms with E-state index in [1.54, 1.807) is 4.52 Å². The lowest BCUT2D eigenvalue weighted by Crippen LogP contribution is -2.41. The minimum atomic E-state index is -0.0276. The Balaban J connectivity index is 1.73. The van der Waals surface area contributed by atoms with E-state index in [0.717, 1.165) is 55.7 Å². The number of nitrogens with one attached hydrogen (secondary N) is 1. The van der Waals surface area contributed by atoms with Crippen molar-refractivity contribution in [1.82, 2.24) is 24.4 Å². The maximum Gasteiger partial charge on any atom is 0.277 e. The molecule has 2 aromatic rings. The van der Waals surface area contributed by atoms with E-state index < -0.39 is 0 Å². The van der Waals surface area contributed by atoms with Crippen LogP contribution >= 0.6 is 0 Å². The topological polar surface area (TPSA) is 73.7 Å². The van der Waals surface area contributed by atoms with Gasteiger partial charge in [0.05, 0.1) is 23.0 Å². The van der Waals surface area contributed by atoms with Gasteiger partial charge in [0, 0.05) is 44.1 Å². The Labute approximate surface area is 165 Å². The van der Waals surface area contributed by atoms with Crippen molar-refractivity contribution in [1.29, 1.82) is 0 Å². The zero-order valence-corrected chi connectivity index (χ0v) is 17.4. The molecule has 0 radical (unpaired) electrons. The fourth-order valence-electron chi connectivity index (χ4n) is 4.48. The molecule has 4 rings (SSSR count). The van der Waals surface area contributed by atoms with E-state index in [1.807, 2.05) is 24.8 Å². The van der Waals surface area contributed by atoms with Crippen molar-refractivity contribution in [3.8, 4) is 0 Å². The van der Waals surface area contributed by atoms with Crippen molar-refractivity contribution in [3.63, 3.8) is 0 Å². The van der Waals surface area contributed by atoms with Crippen LogP contribution in [0.2, 0.25) is 0 Å². The second kappa shape index (κ2) is 7.35. The van der Waals surface area contributed by atoms with Crippen molar-refractivity contribution >= 4 is 11.6 Å². The zero-order valence-electron chi connectivity index (χ0n) is 17.4. The van der Waals surface area contributed by atoms with Gasteiger partial charge in [-0.25, -0.2) is 9.50 Å². The van der Waals surface area contributed by atoms with Crippen LogP contribution in [0.15, 0.2) is 10.9 Å². The molecule has 0 saturated carbocycles. The summed E-state index contributed by atoms with van der Waals surface area (Å²) in [6, 6.07) is 2.37. The highest BCUT2D eigenvalue weighted by molar-refractivity contribution is 5.78. The van der Waals surface area contributed by atoms with Crippen LogP contribution in [0.1, 0.15) is 70.0 Å². The van der Waals surface area contributed by atoms with Crippen LogP contribution in [0.4, 0.5) is 0 Å². The standard InChI is InChI=1S/C21H31N5O2/c1-13(2)20(27)25-9-6-5-7-18(25)17-11-19-22-16-8-10-24(14(3)4)12-15(16)21(28)26(19)23-17/h11,13-14,18,23H,5-10,12H2,1-4H3/t18-/m1/s1. The SMILES string of the molecule is CC(C)C(=O)N1CCCC[C@@H]1c1cc2nc3c(c(=O)n2[nH]1)CN(C(C)C)CC3. The van der Waals surface area contributed by atoms with Crippen molar-refractivity contribution in [2.24, 2.45) is 5.92 Å². The average Bonchev–Trinajstić information content (AvgIpc) is 3.11. The second-order valence-electron chi connectivity index (χ2n) is 8.76. The summed E-state index contributed by atoms with van der Waals surface area (Å²) in [6.07, 6.45) is 3.85. The molecule has 2 aliphatic rings. The summed E-state index contributed by atoms with van der Waals surface area (Å²) in [7, 11) is 0. The molecule has 1 atom stereocenters. The Hall–Kier alpha value is -2.15. The minimum Gasteiger partial charge on any atom is -0.334 e. The molecule has 0 spiro atoms. The number of H-pyrrole nitrogens is 1. The van der Waals surface area contributed by atoms with Gasteiger partial charge in [0.15, 0.2) is 5.65 Å². The van der Waals surface area contributed by atoms with Crippen molar-refractivity contribution in [3.05, 3.63) is 33.4 Å². The molecule has 0 bridgehead atoms. The number of amides is 1. The summed E-state index contributed by atoms with van der Waals surface area (Å²) in [5.74, 6) is 0.149. The summed E-state index contributed by atoms with van der Waals surface area (Å²) >= 11 is 0. The monoisotopic (exact) mass is 385 g/mol. The molecular formula is C21H31N5O2. The summed E-state index contributed by atoms with van der Waals surface area (Å²) in [4.78, 5) is 34.9. The molecule has 4 heterocycles. The van der Waals surface area contributed by atoms with E-state index in [-0.39, 0.29) is 23.4 Å². The quantitative estimate of drug-likeness (QED) is 0.881. The molecular weight excluding hydrogens is 354 g/mol. The Bertz CT molecular complexity index is 942. The molecule has 1 amide bonds. The number of hydrogen-bond acceptors (Lipinski definition) is 4. The van der Waals surface area contributed by atoms with Crippen LogP contribution in [-0.4, -0.2) is 49.4 Å². The zero-order chi connectivity index (χ0) is 20.0. The van der Waals surface area contributed by atoms with Gasteiger partial charge in [-0.05, 0) is 33.1 Å². The molecule has 0 unspecified atom stereocenters. The van der Waals surface area contributed by atoms with Gasteiger partial charge in [-0.1, -0.05) is 13.8 Å². The van der Waals surface area contributed by atoms with E-state index in [2.05, 4.69) is 23.8 Å². The van der Waals surface area contributed by atoms with E-state index in [4.69, 9.17) is 4.98 Å². The largest absolute Gasteiger partial charge is 0.334 e. The summed E-state index contributed by atoms with van der Waals surface area (Å²) in [5.41, 5.74) is 3.30. The highest BCUT2D eigenvalue weighted by Gasteiger charge is 2.31. The molecule has 7 heteroatoms. The number of likely N-dealkylation sites (tertiary alicyclic amines) is 1. The van der Waals surface area contributed by atoms with E-state index in [9.17, 15) is 9.59 Å². The maximum atomic E-state index is 13.1. The third-order valence-electron chi connectivity index (χ3n) is 6.18. The summed E-state index contributed by atoms with van der Waals surface area (Å²) in [5, 5.41) is 3.28. The number of aromatic amines is 1. The highest BCUT2D eigenvalue weighted by atomic mass is 16.2. The smallest absolute Gasteiger partial charge is 0.277 e. The van der Waals surface area contributed by atoms with Crippen LogP contribution in [0, 0.1) is 5.92 Å². The van der Waals surface area contributed by atoms with Gasteiger partial charge >= 0.3 is 0 Å². The molecule has 2 aromatic heterocycles. The van der Waals surface area contributed by atoms with Gasteiger partial charge in [0.25, 0.3) is 5.56 Å². The third-order valence-corrected chi connectivity index (χ3v) is 6.18. The number of piperidine rings is 1. The van der Waals surface area contributed by atoms with Gasteiger partial charge in [-0.15, -0.1) is 0 Å². The van der Waals surface area contributed by atoms with Crippen molar-refractivity contribution < 1.29 is 4.79 Å². The van der Waals surface area contributed by atoms with Crippen LogP contribution in [0.25, 0.3) is 5.65 Å². The van der Waals surface area contributed by atoms with Crippen LogP contribution in [0.3, 0.4) is 0 Å². The first-order valence-corrected chi connectivity index (χ1v) is 10.5. The molecule has 7 nitrogen and oxygen atoms in total. The predicted octanol–water partition coefficient (Wildman–Crippen LogP) is 2.50. The first-order chi connectivity index (χ1) is 13.4. The molecule has 0 aliphatic carbocycles. The third kappa shape index (κ3) is 3.26. The van der Waals surface area contributed by atoms with Gasteiger partial charge in [-0.3, -0.25) is 19.6 Å². The Morgan fingerprint density at radius 2 is 2.00 bits per heavy atom. The first kappa shape index (κ1) is 19.2. The Morgan fingerprint density at radius 3 is 2.71 bits per heavy atom. The minimum absolute atomic E-state index is 0.00542. The van der Waals surface area contributed by atoms with Crippen molar-refractivity contribution in [2.75, 3.05) is 13.1 Å². The number of hydrogen-bond donors (Lipinski definition) is 1. The van der Waals surface area contributed by atoms with Crippen LogP contribution in [-0.2, 0) is 17.8 Å². The maximum absolute atomic E-state index is 13.1. The molecule has 1 fully saturated rings. The number of carbonyl (C=O) groups is 1. The molecule has 1 N–H and O–H groups in total. The second-order valence-corrected chi connectivity index (χ2v) is 8.76. The van der Waals surface area contributed by atoms with Crippen molar-refractivity contribution in [2.45, 2.75) is 72.0 Å².